The molecule has 1 aliphatic rings. The van der Waals surface area contributed by atoms with E-state index in [4.69, 9.17) is 10.5 Å². The lowest BCUT2D eigenvalue weighted by Gasteiger charge is -2.35. The minimum atomic E-state index is 0.296. The van der Waals surface area contributed by atoms with Crippen LogP contribution in [0.1, 0.15) is 64.4 Å². The number of ether oxygens (including phenoxy) is 1. The maximum atomic E-state index is 6.29. The number of rotatable bonds is 6. The Morgan fingerprint density at radius 1 is 1.19 bits per heavy atom. The monoisotopic (exact) mass is 289 g/mol. The van der Waals surface area contributed by atoms with Crippen molar-refractivity contribution in [2.45, 2.75) is 64.9 Å². The summed E-state index contributed by atoms with van der Waals surface area (Å²) in [6.45, 7) is 7.46. The van der Waals surface area contributed by atoms with E-state index in [0.29, 0.717) is 17.9 Å². The first-order valence-corrected chi connectivity index (χ1v) is 8.60. The van der Waals surface area contributed by atoms with E-state index in [1.54, 1.807) is 0 Å². The quantitative estimate of drug-likeness (QED) is 0.821. The van der Waals surface area contributed by atoms with Gasteiger partial charge in [0.2, 0.25) is 0 Å². The Hall–Kier alpha value is -1.02. The highest BCUT2D eigenvalue weighted by atomic mass is 16.5. The van der Waals surface area contributed by atoms with Crippen LogP contribution < -0.4 is 10.5 Å². The van der Waals surface area contributed by atoms with E-state index in [-0.39, 0.29) is 0 Å². The summed E-state index contributed by atoms with van der Waals surface area (Å²) in [6.07, 6.45) is 6.60. The van der Waals surface area contributed by atoms with Gasteiger partial charge >= 0.3 is 0 Å². The summed E-state index contributed by atoms with van der Waals surface area (Å²) < 4.78 is 6.29. The van der Waals surface area contributed by atoms with Crippen molar-refractivity contribution in [2.75, 3.05) is 6.54 Å². The van der Waals surface area contributed by atoms with Crippen molar-refractivity contribution >= 4 is 0 Å². The predicted molar refractivity (Wildman–Crippen MR) is 89.7 cm³/mol. The summed E-state index contributed by atoms with van der Waals surface area (Å²) in [6, 6.07) is 8.60. The molecule has 1 saturated carbocycles. The van der Waals surface area contributed by atoms with Crippen molar-refractivity contribution < 1.29 is 4.74 Å². The van der Waals surface area contributed by atoms with Gasteiger partial charge in [-0.2, -0.15) is 0 Å². The van der Waals surface area contributed by atoms with Crippen LogP contribution in [0.25, 0.3) is 0 Å². The Kier molecular flexibility index (Phi) is 6.10. The molecule has 0 amide bonds. The van der Waals surface area contributed by atoms with Crippen molar-refractivity contribution in [1.82, 2.24) is 0 Å². The number of benzene rings is 1. The molecular formula is C19H31NO. The molecule has 0 heterocycles. The molecule has 1 aromatic rings. The summed E-state index contributed by atoms with van der Waals surface area (Å²) >= 11 is 0. The van der Waals surface area contributed by atoms with Crippen molar-refractivity contribution in [3.63, 3.8) is 0 Å². The van der Waals surface area contributed by atoms with Gasteiger partial charge in [0.25, 0.3) is 0 Å². The van der Waals surface area contributed by atoms with Crippen LogP contribution in [-0.4, -0.2) is 12.6 Å². The molecule has 1 aromatic carbocycles. The third kappa shape index (κ3) is 4.47. The summed E-state index contributed by atoms with van der Waals surface area (Å²) in [4.78, 5) is 0. The zero-order chi connectivity index (χ0) is 15.2. The second-order valence-electron chi connectivity index (χ2n) is 6.84. The highest BCUT2D eigenvalue weighted by Crippen LogP contribution is 2.34. The molecule has 3 atom stereocenters. The summed E-state index contributed by atoms with van der Waals surface area (Å²) in [5.74, 6) is 2.90. The first-order chi connectivity index (χ1) is 10.1. The van der Waals surface area contributed by atoms with Gasteiger partial charge in [-0.1, -0.05) is 45.7 Å². The molecule has 0 aromatic heterocycles. The van der Waals surface area contributed by atoms with Crippen molar-refractivity contribution in [2.24, 2.45) is 17.6 Å². The highest BCUT2D eigenvalue weighted by Gasteiger charge is 2.30. The lowest BCUT2D eigenvalue weighted by molar-refractivity contribution is 0.0669. The van der Waals surface area contributed by atoms with E-state index >= 15 is 0 Å². The first kappa shape index (κ1) is 16.4. The Labute approximate surface area is 130 Å². The van der Waals surface area contributed by atoms with Gasteiger partial charge in [-0.25, -0.2) is 0 Å². The van der Waals surface area contributed by atoms with Crippen molar-refractivity contribution in [1.29, 1.82) is 0 Å². The Bertz CT molecular complexity index is 412. The summed E-state index contributed by atoms with van der Waals surface area (Å²) in [5, 5.41) is 0. The van der Waals surface area contributed by atoms with E-state index in [0.717, 1.165) is 18.2 Å². The SMILES string of the molecule is CCCC1CCC(CN)C(Oc2ccc(C(C)C)cc2)C1. The third-order valence-electron chi connectivity index (χ3n) is 4.87. The van der Waals surface area contributed by atoms with E-state index < -0.39 is 0 Å². The van der Waals surface area contributed by atoms with Gasteiger partial charge in [0.1, 0.15) is 11.9 Å². The third-order valence-corrected chi connectivity index (χ3v) is 4.87. The average molecular weight is 289 g/mol. The van der Waals surface area contributed by atoms with Gasteiger partial charge < -0.3 is 10.5 Å². The predicted octanol–water partition coefficient (Wildman–Crippen LogP) is 4.73. The fraction of sp³-hybridized carbons (Fsp3) is 0.684. The number of nitrogens with two attached hydrogens (primary N) is 1. The first-order valence-electron chi connectivity index (χ1n) is 8.60. The molecule has 2 N–H and O–H groups in total. The second-order valence-corrected chi connectivity index (χ2v) is 6.84. The molecule has 1 fully saturated rings. The Morgan fingerprint density at radius 2 is 1.90 bits per heavy atom. The molecule has 0 aliphatic heterocycles. The maximum absolute atomic E-state index is 6.29. The lowest BCUT2D eigenvalue weighted by Crippen LogP contribution is -2.38. The molecule has 0 spiro atoms. The van der Waals surface area contributed by atoms with Crippen LogP contribution in [0.5, 0.6) is 5.75 Å². The highest BCUT2D eigenvalue weighted by molar-refractivity contribution is 5.29. The van der Waals surface area contributed by atoms with Gasteiger partial charge in [0, 0.05) is 5.92 Å². The average Bonchev–Trinajstić information content (AvgIpc) is 2.48. The molecule has 2 heteroatoms. The van der Waals surface area contributed by atoms with Gasteiger partial charge in [0.05, 0.1) is 0 Å². The van der Waals surface area contributed by atoms with E-state index in [1.165, 1.54) is 37.7 Å². The molecular weight excluding hydrogens is 258 g/mol. The topological polar surface area (TPSA) is 35.2 Å². The van der Waals surface area contributed by atoms with Crippen LogP contribution in [0.2, 0.25) is 0 Å². The van der Waals surface area contributed by atoms with Gasteiger partial charge in [-0.3, -0.25) is 0 Å². The summed E-state index contributed by atoms with van der Waals surface area (Å²) in [7, 11) is 0. The molecule has 0 radical (unpaired) electrons. The van der Waals surface area contributed by atoms with Crippen molar-refractivity contribution in [3.05, 3.63) is 29.8 Å². The standard InChI is InChI=1S/C19H31NO/c1-4-5-15-6-7-17(13-20)19(12-15)21-18-10-8-16(9-11-18)14(2)3/h8-11,14-15,17,19H,4-7,12-13,20H2,1-3H3. The normalized spacial score (nSPS) is 26.0. The van der Waals surface area contributed by atoms with E-state index in [1.807, 2.05) is 0 Å². The molecule has 118 valence electrons. The van der Waals surface area contributed by atoms with Gasteiger partial charge in [-0.05, 0) is 55.3 Å². The van der Waals surface area contributed by atoms with Crippen LogP contribution >= 0.6 is 0 Å². The van der Waals surface area contributed by atoms with Gasteiger partial charge in [0.15, 0.2) is 0 Å². The fourth-order valence-electron chi connectivity index (χ4n) is 3.46. The Balaban J connectivity index is 2.00. The number of hydrogen-bond donors (Lipinski definition) is 1. The lowest BCUT2D eigenvalue weighted by atomic mass is 9.78. The van der Waals surface area contributed by atoms with E-state index in [2.05, 4.69) is 45.0 Å². The fourth-order valence-corrected chi connectivity index (χ4v) is 3.46. The van der Waals surface area contributed by atoms with Gasteiger partial charge in [-0.15, -0.1) is 0 Å². The van der Waals surface area contributed by atoms with Crippen LogP contribution in [-0.2, 0) is 0 Å². The molecule has 1 aliphatic carbocycles. The largest absolute Gasteiger partial charge is 0.490 e. The second kappa shape index (κ2) is 7.84. The molecule has 3 unspecified atom stereocenters. The molecule has 2 rings (SSSR count). The zero-order valence-electron chi connectivity index (χ0n) is 13.8. The molecule has 21 heavy (non-hydrogen) atoms. The van der Waals surface area contributed by atoms with Crippen molar-refractivity contribution in [3.8, 4) is 5.75 Å². The summed E-state index contributed by atoms with van der Waals surface area (Å²) in [5.41, 5.74) is 7.32. The van der Waals surface area contributed by atoms with Crippen LogP contribution in [0.3, 0.4) is 0 Å². The molecule has 0 saturated heterocycles. The molecule has 2 nitrogen and oxygen atoms in total. The Morgan fingerprint density at radius 3 is 2.48 bits per heavy atom. The van der Waals surface area contributed by atoms with Crippen LogP contribution in [0.15, 0.2) is 24.3 Å². The van der Waals surface area contributed by atoms with Crippen LogP contribution in [0.4, 0.5) is 0 Å². The minimum absolute atomic E-state index is 0.296. The molecule has 0 bridgehead atoms. The zero-order valence-corrected chi connectivity index (χ0v) is 13.8. The maximum Gasteiger partial charge on any atom is 0.119 e. The smallest absolute Gasteiger partial charge is 0.119 e. The van der Waals surface area contributed by atoms with E-state index in [9.17, 15) is 0 Å². The van der Waals surface area contributed by atoms with Crippen LogP contribution in [0, 0.1) is 11.8 Å². The minimum Gasteiger partial charge on any atom is -0.490 e. The number of hydrogen-bond acceptors (Lipinski definition) is 2.